The van der Waals surface area contributed by atoms with Crippen LogP contribution in [0, 0.1) is 0 Å². The van der Waals surface area contributed by atoms with Crippen LogP contribution in [0.3, 0.4) is 0 Å². The highest BCUT2D eigenvalue weighted by Gasteiger charge is 2.23. The molecule has 33 heavy (non-hydrogen) atoms. The van der Waals surface area contributed by atoms with E-state index in [1.165, 1.54) is 11.8 Å². The molecule has 10 nitrogen and oxygen atoms in total. The molecule has 0 radical (unpaired) electrons. The molecule has 1 aromatic carbocycles. The van der Waals surface area contributed by atoms with Gasteiger partial charge < -0.3 is 25.0 Å². The van der Waals surface area contributed by atoms with E-state index >= 15 is 0 Å². The molecule has 0 aliphatic heterocycles. The second kappa shape index (κ2) is 11.8. The largest absolute Gasteiger partial charge is 0.497 e. The van der Waals surface area contributed by atoms with E-state index in [4.69, 9.17) is 4.74 Å². The number of carbonyl (C=O) groups excluding carboxylic acids is 2. The number of anilines is 1. The Morgan fingerprint density at radius 3 is 2.70 bits per heavy atom. The molecular formula is C22H24N6O4S. The minimum Gasteiger partial charge on any atom is -0.497 e. The van der Waals surface area contributed by atoms with Crippen LogP contribution in [-0.2, 0) is 11.3 Å². The average molecular weight is 469 g/mol. The smallest absolute Gasteiger partial charge is 0.251 e. The zero-order valence-corrected chi connectivity index (χ0v) is 18.8. The molecule has 1 atom stereocenters. The maximum Gasteiger partial charge on any atom is 0.251 e. The number of aromatic nitrogens is 4. The van der Waals surface area contributed by atoms with Crippen LogP contribution in [0.4, 0.5) is 5.69 Å². The van der Waals surface area contributed by atoms with Gasteiger partial charge in [0.25, 0.3) is 5.91 Å². The van der Waals surface area contributed by atoms with Crippen molar-refractivity contribution in [3.05, 3.63) is 72.8 Å². The molecule has 0 spiro atoms. The van der Waals surface area contributed by atoms with Crippen molar-refractivity contribution in [1.82, 2.24) is 25.1 Å². The zero-order valence-electron chi connectivity index (χ0n) is 18.0. The number of hydrogen-bond acceptors (Lipinski definition) is 8. The molecule has 0 fully saturated rings. The van der Waals surface area contributed by atoms with E-state index < -0.39 is 6.04 Å². The number of amides is 2. The van der Waals surface area contributed by atoms with E-state index in [9.17, 15) is 14.7 Å². The number of carbonyl (C=O) groups is 2. The number of nitrogens with zero attached hydrogens (tertiary/aromatic N) is 4. The number of ether oxygens (including phenoxy) is 1. The lowest BCUT2D eigenvalue weighted by Gasteiger charge is -2.17. The predicted octanol–water partition coefficient (Wildman–Crippen LogP) is 2.06. The number of thioether (sulfide) groups is 1. The molecule has 2 heterocycles. The molecule has 0 bridgehead atoms. The first-order chi connectivity index (χ1) is 16.0. The Labute approximate surface area is 195 Å². The van der Waals surface area contributed by atoms with Crippen LogP contribution < -0.4 is 15.4 Å². The fraction of sp³-hybridized carbons (Fsp3) is 0.227. The van der Waals surface area contributed by atoms with Gasteiger partial charge >= 0.3 is 0 Å². The average Bonchev–Trinajstić information content (AvgIpc) is 3.24. The fourth-order valence-electron chi connectivity index (χ4n) is 2.90. The first-order valence-corrected chi connectivity index (χ1v) is 11.0. The number of aliphatic hydroxyl groups excluding tert-OH is 1. The summed E-state index contributed by atoms with van der Waals surface area (Å²) in [5.74, 6) is 0.468. The molecular weight excluding hydrogens is 444 g/mol. The van der Waals surface area contributed by atoms with E-state index in [-0.39, 0.29) is 24.2 Å². The molecule has 0 saturated heterocycles. The SMILES string of the molecule is C=CCn1c(SCC(=O)Nc2cccnc2)nnc1[C@H](CO)NC(=O)c1ccc(OC)cc1. The van der Waals surface area contributed by atoms with E-state index in [1.807, 2.05) is 0 Å². The highest BCUT2D eigenvalue weighted by molar-refractivity contribution is 7.99. The first kappa shape index (κ1) is 24.0. The number of hydrogen-bond donors (Lipinski definition) is 3. The first-order valence-electron chi connectivity index (χ1n) is 9.98. The van der Waals surface area contributed by atoms with Crippen molar-refractivity contribution in [3.8, 4) is 5.75 Å². The maximum atomic E-state index is 12.6. The molecule has 0 aliphatic rings. The highest BCUT2D eigenvalue weighted by Crippen LogP contribution is 2.22. The van der Waals surface area contributed by atoms with Crippen LogP contribution >= 0.6 is 11.8 Å². The molecule has 2 amide bonds. The minimum absolute atomic E-state index is 0.0895. The van der Waals surface area contributed by atoms with Crippen LogP contribution in [-0.4, -0.2) is 56.1 Å². The monoisotopic (exact) mass is 468 g/mol. The summed E-state index contributed by atoms with van der Waals surface area (Å²) in [6.07, 6.45) is 4.82. The third-order valence-electron chi connectivity index (χ3n) is 4.49. The minimum atomic E-state index is -0.800. The Kier molecular flexibility index (Phi) is 8.56. The Morgan fingerprint density at radius 1 is 1.27 bits per heavy atom. The summed E-state index contributed by atoms with van der Waals surface area (Å²) >= 11 is 1.18. The van der Waals surface area contributed by atoms with Gasteiger partial charge in [0.2, 0.25) is 5.91 Å². The summed E-state index contributed by atoms with van der Waals surface area (Å²) in [7, 11) is 1.54. The van der Waals surface area contributed by atoms with Crippen LogP contribution in [0.1, 0.15) is 22.2 Å². The lowest BCUT2D eigenvalue weighted by atomic mass is 10.2. The fourth-order valence-corrected chi connectivity index (χ4v) is 3.66. The lowest BCUT2D eigenvalue weighted by Crippen LogP contribution is -2.33. The second-order valence-electron chi connectivity index (χ2n) is 6.76. The molecule has 172 valence electrons. The van der Waals surface area contributed by atoms with Crippen molar-refractivity contribution in [2.45, 2.75) is 17.7 Å². The van der Waals surface area contributed by atoms with Crippen molar-refractivity contribution in [3.63, 3.8) is 0 Å². The molecule has 0 aliphatic carbocycles. The van der Waals surface area contributed by atoms with Gasteiger partial charge in [-0.2, -0.15) is 0 Å². The van der Waals surface area contributed by atoms with Crippen LogP contribution in [0.25, 0.3) is 0 Å². The van der Waals surface area contributed by atoms with Crippen LogP contribution in [0.2, 0.25) is 0 Å². The van der Waals surface area contributed by atoms with E-state index in [0.29, 0.717) is 34.5 Å². The molecule has 0 saturated carbocycles. The lowest BCUT2D eigenvalue weighted by molar-refractivity contribution is -0.113. The Balaban J connectivity index is 1.69. The van der Waals surface area contributed by atoms with E-state index in [2.05, 4.69) is 32.4 Å². The van der Waals surface area contributed by atoms with Gasteiger partial charge in [-0.25, -0.2) is 0 Å². The summed E-state index contributed by atoms with van der Waals surface area (Å²) in [4.78, 5) is 28.9. The van der Waals surface area contributed by atoms with Gasteiger partial charge in [-0.05, 0) is 36.4 Å². The molecule has 3 rings (SSSR count). The molecule has 2 aromatic heterocycles. The molecule has 11 heteroatoms. The van der Waals surface area contributed by atoms with Crippen molar-refractivity contribution >= 4 is 29.3 Å². The molecule has 3 N–H and O–H groups in total. The van der Waals surface area contributed by atoms with E-state index in [0.717, 1.165) is 0 Å². The second-order valence-corrected chi connectivity index (χ2v) is 7.70. The van der Waals surface area contributed by atoms with Crippen molar-refractivity contribution in [1.29, 1.82) is 0 Å². The van der Waals surface area contributed by atoms with Gasteiger partial charge in [-0.1, -0.05) is 17.8 Å². The number of pyridine rings is 1. The van der Waals surface area contributed by atoms with Gasteiger partial charge in [-0.3, -0.25) is 14.6 Å². The summed E-state index contributed by atoms with van der Waals surface area (Å²) in [5, 5.41) is 24.2. The summed E-state index contributed by atoms with van der Waals surface area (Å²) < 4.78 is 6.80. The van der Waals surface area contributed by atoms with Crippen molar-refractivity contribution in [2.24, 2.45) is 0 Å². The maximum absolute atomic E-state index is 12.6. The van der Waals surface area contributed by atoms with Crippen molar-refractivity contribution in [2.75, 3.05) is 24.8 Å². The predicted molar refractivity (Wildman–Crippen MR) is 124 cm³/mol. The Hall–Kier alpha value is -3.70. The van der Waals surface area contributed by atoms with Crippen LogP contribution in [0.5, 0.6) is 5.75 Å². The van der Waals surface area contributed by atoms with Crippen LogP contribution in [0.15, 0.2) is 66.6 Å². The van der Waals surface area contributed by atoms with Gasteiger partial charge in [0.1, 0.15) is 11.8 Å². The van der Waals surface area contributed by atoms with Crippen molar-refractivity contribution < 1.29 is 19.4 Å². The van der Waals surface area contributed by atoms with Gasteiger partial charge in [0.15, 0.2) is 11.0 Å². The standard InChI is InChI=1S/C22H24N6O4S/c1-3-11-28-20(18(13-29)25-21(31)15-6-8-17(32-2)9-7-15)26-27-22(28)33-14-19(30)24-16-5-4-10-23-12-16/h3-10,12,18,29H,1,11,13-14H2,2H3,(H,24,30)(H,25,31)/t18-/m0/s1. The quantitative estimate of drug-likeness (QED) is 0.288. The van der Waals surface area contributed by atoms with E-state index in [1.54, 1.807) is 66.5 Å². The highest BCUT2D eigenvalue weighted by atomic mass is 32.2. The zero-order chi connectivity index (χ0) is 23.6. The normalized spacial score (nSPS) is 11.5. The number of methoxy groups -OCH3 is 1. The Bertz CT molecular complexity index is 1090. The summed E-state index contributed by atoms with van der Waals surface area (Å²) in [6.45, 7) is 3.70. The third-order valence-corrected chi connectivity index (χ3v) is 5.45. The Morgan fingerprint density at radius 2 is 2.06 bits per heavy atom. The van der Waals surface area contributed by atoms with Gasteiger partial charge in [-0.15, -0.1) is 16.8 Å². The molecule has 3 aromatic rings. The summed E-state index contributed by atoms with van der Waals surface area (Å²) in [6, 6.07) is 9.27. The molecule has 0 unspecified atom stereocenters. The number of nitrogens with one attached hydrogen (secondary N) is 2. The number of rotatable bonds is 11. The topological polar surface area (TPSA) is 131 Å². The number of benzene rings is 1. The third kappa shape index (κ3) is 6.40. The summed E-state index contributed by atoms with van der Waals surface area (Å²) in [5.41, 5.74) is 1.00. The number of allylic oxidation sites excluding steroid dienone is 1. The van der Waals surface area contributed by atoms with Gasteiger partial charge in [0.05, 0.1) is 31.4 Å². The van der Waals surface area contributed by atoms with Gasteiger partial charge in [0, 0.05) is 18.3 Å². The number of aliphatic hydroxyl groups is 1.